The smallest absolute Gasteiger partial charge is 0.162 e. The molecule has 3 heterocycles. The number of aromatic nitrogens is 6. The molecule has 1 fully saturated rings. The van der Waals surface area contributed by atoms with E-state index in [2.05, 4.69) is 25.3 Å². The summed E-state index contributed by atoms with van der Waals surface area (Å²) in [5.74, 6) is 0.697. The lowest BCUT2D eigenvalue weighted by Crippen LogP contribution is -2.24. The number of aliphatic hydroxyl groups excluding tert-OH is 1. The molecule has 0 spiro atoms. The van der Waals surface area contributed by atoms with E-state index in [4.69, 9.17) is 4.74 Å². The minimum atomic E-state index is -0.685. The van der Waals surface area contributed by atoms with Crippen LogP contribution in [0.1, 0.15) is 30.9 Å². The van der Waals surface area contributed by atoms with Gasteiger partial charge in [0.25, 0.3) is 0 Å². The van der Waals surface area contributed by atoms with Crippen LogP contribution in [0.2, 0.25) is 0 Å². The van der Waals surface area contributed by atoms with Gasteiger partial charge in [-0.25, -0.2) is 14.6 Å². The van der Waals surface area contributed by atoms with Crippen LogP contribution >= 0.6 is 0 Å². The van der Waals surface area contributed by atoms with E-state index in [0.717, 1.165) is 40.7 Å². The summed E-state index contributed by atoms with van der Waals surface area (Å²) in [6, 6.07) is 9.75. The van der Waals surface area contributed by atoms with Crippen molar-refractivity contribution < 1.29 is 9.84 Å². The third kappa shape index (κ3) is 3.17. The molecule has 3 aromatic heterocycles. The highest BCUT2D eigenvalue weighted by Crippen LogP contribution is 2.26. The highest BCUT2D eigenvalue weighted by molar-refractivity contribution is 5.77. The summed E-state index contributed by atoms with van der Waals surface area (Å²) in [4.78, 5) is 8.73. The fourth-order valence-corrected chi connectivity index (χ4v) is 3.30. The van der Waals surface area contributed by atoms with Crippen LogP contribution in [0.15, 0.2) is 49.1 Å². The summed E-state index contributed by atoms with van der Waals surface area (Å²) in [6.45, 7) is 0.297. The fourth-order valence-electron chi connectivity index (χ4n) is 3.30. The molecule has 8 nitrogen and oxygen atoms in total. The second-order valence-corrected chi connectivity index (χ2v) is 7.02. The number of aliphatic hydroxyl groups is 1. The fraction of sp³-hybridized carbons (Fsp3) is 0.300. The van der Waals surface area contributed by atoms with E-state index < -0.39 is 6.10 Å². The molecule has 0 bridgehead atoms. The molecule has 1 saturated carbocycles. The molecule has 1 aromatic carbocycles. The number of fused-ring (bicyclic) bond motifs is 1. The molecule has 0 aliphatic heterocycles. The Bertz CT molecular complexity index is 1090. The number of nitrogens with one attached hydrogen (secondary N) is 1. The number of hydrogen-bond acceptors (Lipinski definition) is 6. The van der Waals surface area contributed by atoms with Gasteiger partial charge < -0.3 is 9.84 Å². The zero-order valence-corrected chi connectivity index (χ0v) is 15.2. The molecule has 0 radical (unpaired) electrons. The van der Waals surface area contributed by atoms with E-state index in [1.807, 2.05) is 30.3 Å². The van der Waals surface area contributed by atoms with E-state index in [9.17, 15) is 5.11 Å². The Balaban J connectivity index is 1.41. The summed E-state index contributed by atoms with van der Waals surface area (Å²) in [5, 5.41) is 22.5. The average molecular weight is 376 g/mol. The molecule has 142 valence electrons. The van der Waals surface area contributed by atoms with Crippen molar-refractivity contribution in [1.29, 1.82) is 0 Å². The number of benzene rings is 1. The van der Waals surface area contributed by atoms with Crippen molar-refractivity contribution in [2.24, 2.45) is 0 Å². The average Bonchev–Trinajstić information content (AvgIpc) is 3.36. The zero-order chi connectivity index (χ0) is 18.9. The van der Waals surface area contributed by atoms with Crippen molar-refractivity contribution >= 4 is 11.0 Å². The minimum Gasteiger partial charge on any atom is -0.386 e. The molecule has 1 aliphatic carbocycles. The largest absolute Gasteiger partial charge is 0.386 e. The Hall–Kier alpha value is -3.10. The summed E-state index contributed by atoms with van der Waals surface area (Å²) in [6.07, 6.45) is 7.93. The molecule has 0 amide bonds. The molecular formula is C20H20N6O2. The van der Waals surface area contributed by atoms with Gasteiger partial charge in [-0.05, 0) is 37.5 Å². The van der Waals surface area contributed by atoms with Crippen LogP contribution in [-0.4, -0.2) is 47.8 Å². The number of H-pyrrole nitrogens is 1. The Morgan fingerprint density at radius 2 is 2.14 bits per heavy atom. The van der Waals surface area contributed by atoms with E-state index in [-0.39, 0.29) is 0 Å². The van der Waals surface area contributed by atoms with Gasteiger partial charge in [0.1, 0.15) is 12.4 Å². The summed E-state index contributed by atoms with van der Waals surface area (Å²) < 4.78 is 7.49. The van der Waals surface area contributed by atoms with Crippen molar-refractivity contribution in [1.82, 2.24) is 29.9 Å². The number of aromatic amines is 1. The van der Waals surface area contributed by atoms with Gasteiger partial charge in [-0.15, -0.1) is 0 Å². The zero-order valence-electron chi connectivity index (χ0n) is 15.2. The predicted octanol–water partition coefficient (Wildman–Crippen LogP) is 2.81. The maximum absolute atomic E-state index is 10.4. The molecular weight excluding hydrogens is 356 g/mol. The second kappa shape index (κ2) is 7.14. The third-order valence-corrected chi connectivity index (χ3v) is 5.14. The Labute approximate surface area is 161 Å². The highest BCUT2D eigenvalue weighted by Gasteiger charge is 2.20. The van der Waals surface area contributed by atoms with Crippen LogP contribution in [0.3, 0.4) is 0 Å². The van der Waals surface area contributed by atoms with Crippen LogP contribution in [0.25, 0.3) is 28.1 Å². The number of pyridine rings is 1. The number of nitrogens with zero attached hydrogens (tertiary/aromatic N) is 5. The van der Waals surface area contributed by atoms with Crippen LogP contribution in [0, 0.1) is 0 Å². The van der Waals surface area contributed by atoms with Gasteiger partial charge in [0.15, 0.2) is 11.5 Å². The molecule has 2 N–H and O–H groups in total. The quantitative estimate of drug-likeness (QED) is 0.536. The minimum absolute atomic E-state index is 0.297. The Kier molecular flexibility index (Phi) is 4.34. The molecule has 5 rings (SSSR count). The van der Waals surface area contributed by atoms with Gasteiger partial charge in [0.2, 0.25) is 0 Å². The lowest BCUT2D eigenvalue weighted by molar-refractivity contribution is -0.0427. The Morgan fingerprint density at radius 1 is 1.21 bits per heavy atom. The van der Waals surface area contributed by atoms with Crippen molar-refractivity contribution in [2.75, 3.05) is 6.61 Å². The normalized spacial score (nSPS) is 15.6. The molecule has 28 heavy (non-hydrogen) atoms. The lowest BCUT2D eigenvalue weighted by Gasteiger charge is -2.26. The monoisotopic (exact) mass is 376 g/mol. The first-order chi connectivity index (χ1) is 13.8. The maximum Gasteiger partial charge on any atom is 0.162 e. The standard InChI is InChI=1S/C20H20N6O2/c27-18(11-28-17-5-2-6-17)14-7-15-10-24-26(20(15)21-9-14)16-4-1-3-13(8-16)19-22-12-23-25-19/h1,3-4,7-10,12,17-18,27H,2,5-6,11H2,(H,22,23,25)/t18-/m1/s1. The lowest BCUT2D eigenvalue weighted by atomic mass is 9.96. The predicted molar refractivity (Wildman–Crippen MR) is 103 cm³/mol. The van der Waals surface area contributed by atoms with Crippen LogP contribution in [0.4, 0.5) is 0 Å². The van der Waals surface area contributed by atoms with Gasteiger partial charge in [-0.1, -0.05) is 12.1 Å². The van der Waals surface area contributed by atoms with Gasteiger partial charge >= 0.3 is 0 Å². The van der Waals surface area contributed by atoms with Gasteiger partial charge in [0.05, 0.1) is 24.6 Å². The first kappa shape index (κ1) is 17.0. The first-order valence-electron chi connectivity index (χ1n) is 9.37. The number of hydrogen-bond donors (Lipinski definition) is 2. The Morgan fingerprint density at radius 3 is 2.93 bits per heavy atom. The van der Waals surface area contributed by atoms with Crippen molar-refractivity contribution in [3.8, 4) is 17.1 Å². The van der Waals surface area contributed by atoms with E-state index >= 15 is 0 Å². The molecule has 8 heteroatoms. The molecule has 4 aromatic rings. The molecule has 0 unspecified atom stereocenters. The van der Waals surface area contributed by atoms with Crippen LogP contribution in [0.5, 0.6) is 0 Å². The van der Waals surface area contributed by atoms with E-state index in [1.54, 1.807) is 17.1 Å². The van der Waals surface area contributed by atoms with Crippen molar-refractivity contribution in [3.63, 3.8) is 0 Å². The number of rotatable bonds is 6. The summed E-state index contributed by atoms with van der Waals surface area (Å²) >= 11 is 0. The van der Waals surface area contributed by atoms with Gasteiger partial charge in [-0.3, -0.25) is 5.10 Å². The van der Waals surface area contributed by atoms with E-state index in [0.29, 0.717) is 18.5 Å². The molecule has 0 saturated heterocycles. The SMILES string of the molecule is O[C@H](COC1CCC1)c1cnc2c(cnn2-c2cccc(-c3ncn[nH]3)c2)c1. The summed E-state index contributed by atoms with van der Waals surface area (Å²) in [7, 11) is 0. The molecule has 1 atom stereocenters. The van der Waals surface area contributed by atoms with Crippen molar-refractivity contribution in [2.45, 2.75) is 31.5 Å². The summed E-state index contributed by atoms with van der Waals surface area (Å²) in [5.41, 5.74) is 3.25. The van der Waals surface area contributed by atoms with E-state index in [1.165, 1.54) is 12.7 Å². The van der Waals surface area contributed by atoms with Gasteiger partial charge in [0, 0.05) is 22.7 Å². The maximum atomic E-state index is 10.4. The van der Waals surface area contributed by atoms with Gasteiger partial charge in [-0.2, -0.15) is 10.2 Å². The highest BCUT2D eigenvalue weighted by atomic mass is 16.5. The third-order valence-electron chi connectivity index (χ3n) is 5.14. The first-order valence-corrected chi connectivity index (χ1v) is 9.37. The van der Waals surface area contributed by atoms with Crippen LogP contribution in [-0.2, 0) is 4.74 Å². The second-order valence-electron chi connectivity index (χ2n) is 7.02. The topological polar surface area (TPSA) is 102 Å². The number of ether oxygens (including phenoxy) is 1. The molecule has 1 aliphatic rings. The van der Waals surface area contributed by atoms with Crippen LogP contribution < -0.4 is 0 Å². The van der Waals surface area contributed by atoms with Crippen molar-refractivity contribution in [3.05, 3.63) is 54.6 Å².